The predicted molar refractivity (Wildman–Crippen MR) is 74.0 cm³/mol. The average molecular weight is 300 g/mol. The molecule has 0 aromatic heterocycles. The number of quaternary nitrogens is 1. The molecule has 1 fully saturated rings. The number of rotatable bonds is 1. The van der Waals surface area contributed by atoms with Gasteiger partial charge in [0.15, 0.2) is 0 Å². The molecule has 0 unspecified atom stereocenters. The maximum atomic E-state index is 5.52. The van der Waals surface area contributed by atoms with Crippen LogP contribution in [0.3, 0.4) is 0 Å². The number of nitrogens with zero attached hydrogens (tertiary/aromatic N) is 1. The topological polar surface area (TPSA) is 7.68 Å². The van der Waals surface area contributed by atoms with Crippen LogP contribution in [0.5, 0.6) is 0 Å². The van der Waals surface area contributed by atoms with Crippen LogP contribution in [-0.4, -0.2) is 43.1 Å². The minimum absolute atomic E-state index is 0.986. The van der Waals surface area contributed by atoms with E-state index in [9.17, 15) is 0 Å². The summed E-state index contributed by atoms with van der Waals surface area (Å²) in [6.07, 6.45) is 0. The minimum Gasteiger partial charge on any atom is -0.351 e. The predicted octanol–water partition coefficient (Wildman–Crippen LogP) is 0.955. The quantitative estimate of drug-likeness (QED) is 0.773. The molecule has 0 saturated carbocycles. The highest BCUT2D eigenvalue weighted by Crippen LogP contribution is 2.13. The van der Waals surface area contributed by atoms with Crippen molar-refractivity contribution in [2.75, 3.05) is 33.2 Å². The summed E-state index contributed by atoms with van der Waals surface area (Å²) >= 11 is 8.96. The highest BCUT2D eigenvalue weighted by atomic mass is 79.9. The van der Waals surface area contributed by atoms with Crippen molar-refractivity contribution in [1.29, 1.82) is 0 Å². The van der Waals surface area contributed by atoms with E-state index in [-0.39, 0.29) is 0 Å². The summed E-state index contributed by atoms with van der Waals surface area (Å²) in [7, 11) is 2.24. The van der Waals surface area contributed by atoms with Gasteiger partial charge >= 0.3 is 0 Å². The second-order valence-electron chi connectivity index (χ2n) is 4.26. The summed E-state index contributed by atoms with van der Waals surface area (Å²) in [5, 5.41) is 0. The number of hydrogen-bond donors (Lipinski definition) is 1. The van der Waals surface area contributed by atoms with Crippen molar-refractivity contribution in [1.82, 2.24) is 4.90 Å². The lowest BCUT2D eigenvalue weighted by atomic mass is 10.2. The van der Waals surface area contributed by atoms with Crippen LogP contribution in [0.2, 0.25) is 0 Å². The number of likely N-dealkylation sites (N-methyl/N-ethyl adjacent to an activating group) is 1. The lowest BCUT2D eigenvalue weighted by Crippen LogP contribution is -3.12. The first-order valence-corrected chi connectivity index (χ1v) is 6.73. The van der Waals surface area contributed by atoms with Crippen molar-refractivity contribution in [2.45, 2.75) is 0 Å². The maximum absolute atomic E-state index is 5.52. The molecular weight excluding hydrogens is 284 g/mol. The molecule has 16 heavy (non-hydrogen) atoms. The van der Waals surface area contributed by atoms with Crippen LogP contribution in [-0.2, 0) is 0 Å². The Hall–Kier alpha value is -0.450. The Bertz CT molecular complexity index is 369. The molecule has 1 aromatic carbocycles. The zero-order valence-electron chi connectivity index (χ0n) is 9.37. The molecule has 0 radical (unpaired) electrons. The molecule has 86 valence electrons. The lowest BCUT2D eigenvalue weighted by Gasteiger charge is -2.32. The van der Waals surface area contributed by atoms with Crippen LogP contribution in [0, 0.1) is 0 Å². The van der Waals surface area contributed by atoms with E-state index < -0.39 is 0 Å². The normalized spacial score (nSPS) is 17.5. The second kappa shape index (κ2) is 5.25. The molecule has 1 N–H and O–H groups in total. The van der Waals surface area contributed by atoms with E-state index in [1.165, 1.54) is 13.1 Å². The molecule has 1 aliphatic heterocycles. The van der Waals surface area contributed by atoms with Gasteiger partial charge in [0.1, 0.15) is 4.99 Å². The standard InChI is InChI=1S/C12H15BrN2S/c1-14-6-8-15(9-7-14)12(16)10-2-4-11(13)5-3-10/h2-5H,6-9H2,1H3/p+1. The second-order valence-corrected chi connectivity index (χ2v) is 5.56. The Morgan fingerprint density at radius 2 is 1.81 bits per heavy atom. The largest absolute Gasteiger partial charge is 0.351 e. The summed E-state index contributed by atoms with van der Waals surface area (Å²) in [6, 6.07) is 8.25. The van der Waals surface area contributed by atoms with E-state index in [0.29, 0.717) is 0 Å². The molecule has 0 amide bonds. The molecule has 2 nitrogen and oxygen atoms in total. The van der Waals surface area contributed by atoms with E-state index in [2.05, 4.69) is 40.0 Å². The van der Waals surface area contributed by atoms with Crippen molar-refractivity contribution < 1.29 is 4.90 Å². The van der Waals surface area contributed by atoms with Gasteiger partial charge in [-0.2, -0.15) is 0 Å². The van der Waals surface area contributed by atoms with Crippen LogP contribution in [0.25, 0.3) is 0 Å². The van der Waals surface area contributed by atoms with E-state index in [1.807, 2.05) is 12.1 Å². The van der Waals surface area contributed by atoms with Crippen LogP contribution in [0.1, 0.15) is 5.56 Å². The molecule has 0 atom stereocenters. The third-order valence-electron chi connectivity index (χ3n) is 3.00. The molecule has 4 heteroatoms. The third-order valence-corrected chi connectivity index (χ3v) is 4.02. The van der Waals surface area contributed by atoms with E-state index in [0.717, 1.165) is 28.1 Å². The van der Waals surface area contributed by atoms with Gasteiger partial charge in [-0.25, -0.2) is 0 Å². The Balaban J connectivity index is 2.05. The van der Waals surface area contributed by atoms with Crippen molar-refractivity contribution in [2.24, 2.45) is 0 Å². The van der Waals surface area contributed by atoms with E-state index in [4.69, 9.17) is 12.2 Å². The average Bonchev–Trinajstić information content (AvgIpc) is 2.30. The molecule has 1 heterocycles. The van der Waals surface area contributed by atoms with Crippen LogP contribution >= 0.6 is 28.1 Å². The summed E-state index contributed by atoms with van der Waals surface area (Å²) in [5.41, 5.74) is 1.15. The van der Waals surface area contributed by atoms with Gasteiger partial charge in [-0.1, -0.05) is 40.3 Å². The first-order chi connectivity index (χ1) is 7.66. The van der Waals surface area contributed by atoms with Crippen molar-refractivity contribution in [3.8, 4) is 0 Å². The molecule has 2 rings (SSSR count). The highest BCUT2D eigenvalue weighted by Gasteiger charge is 2.19. The molecule has 1 saturated heterocycles. The number of halogens is 1. The first kappa shape index (κ1) is 12.0. The summed E-state index contributed by atoms with van der Waals surface area (Å²) in [5.74, 6) is 0. The number of thiocarbonyl (C=S) groups is 1. The molecule has 0 aliphatic carbocycles. The van der Waals surface area contributed by atoms with Gasteiger partial charge in [-0.3, -0.25) is 0 Å². The van der Waals surface area contributed by atoms with Gasteiger partial charge in [0.2, 0.25) is 0 Å². The number of hydrogen-bond acceptors (Lipinski definition) is 1. The van der Waals surface area contributed by atoms with E-state index >= 15 is 0 Å². The molecular formula is C12H16BrN2S+. The Morgan fingerprint density at radius 1 is 1.25 bits per heavy atom. The maximum Gasteiger partial charge on any atom is 0.109 e. The molecule has 1 aliphatic rings. The summed E-state index contributed by atoms with van der Waals surface area (Å²) in [6.45, 7) is 4.49. The molecule has 0 spiro atoms. The van der Waals surface area contributed by atoms with Crippen molar-refractivity contribution >= 4 is 33.1 Å². The fraction of sp³-hybridized carbons (Fsp3) is 0.417. The third kappa shape index (κ3) is 2.81. The van der Waals surface area contributed by atoms with Gasteiger partial charge in [-0.05, 0) is 12.1 Å². The molecule has 0 bridgehead atoms. The van der Waals surface area contributed by atoms with Gasteiger partial charge in [0.25, 0.3) is 0 Å². The highest BCUT2D eigenvalue weighted by molar-refractivity contribution is 9.10. The van der Waals surface area contributed by atoms with Crippen molar-refractivity contribution in [3.05, 3.63) is 34.3 Å². The Labute approximate surface area is 110 Å². The minimum atomic E-state index is 0.986. The number of benzene rings is 1. The summed E-state index contributed by atoms with van der Waals surface area (Å²) in [4.78, 5) is 4.89. The first-order valence-electron chi connectivity index (χ1n) is 5.53. The fourth-order valence-electron chi connectivity index (χ4n) is 1.87. The molecule has 1 aromatic rings. The summed E-state index contributed by atoms with van der Waals surface area (Å²) < 4.78 is 1.10. The number of nitrogens with one attached hydrogen (secondary N) is 1. The van der Waals surface area contributed by atoms with Crippen LogP contribution in [0.15, 0.2) is 28.7 Å². The van der Waals surface area contributed by atoms with Gasteiger partial charge < -0.3 is 9.80 Å². The number of piperazine rings is 1. The zero-order chi connectivity index (χ0) is 11.5. The smallest absolute Gasteiger partial charge is 0.109 e. The zero-order valence-corrected chi connectivity index (χ0v) is 11.8. The monoisotopic (exact) mass is 299 g/mol. The SMILES string of the molecule is C[NH+]1CCN(C(=S)c2ccc(Br)cc2)CC1. The van der Waals surface area contributed by atoms with Crippen LogP contribution < -0.4 is 4.90 Å². The van der Waals surface area contributed by atoms with Crippen molar-refractivity contribution in [3.63, 3.8) is 0 Å². The fourth-order valence-corrected chi connectivity index (χ4v) is 2.45. The lowest BCUT2D eigenvalue weighted by molar-refractivity contribution is -0.883. The Kier molecular flexibility index (Phi) is 3.95. The van der Waals surface area contributed by atoms with Gasteiger partial charge in [0, 0.05) is 10.0 Å². The van der Waals surface area contributed by atoms with E-state index in [1.54, 1.807) is 4.90 Å². The Morgan fingerprint density at radius 3 is 2.38 bits per heavy atom. The van der Waals surface area contributed by atoms with Crippen LogP contribution in [0.4, 0.5) is 0 Å². The van der Waals surface area contributed by atoms with Gasteiger partial charge in [0.05, 0.1) is 33.2 Å². The van der Waals surface area contributed by atoms with Gasteiger partial charge in [-0.15, -0.1) is 0 Å².